The van der Waals surface area contributed by atoms with Crippen molar-refractivity contribution in [3.8, 4) is 0 Å². The van der Waals surface area contributed by atoms with Gasteiger partial charge in [0.25, 0.3) is 0 Å². The Hall–Kier alpha value is -0.785. The molecule has 0 nitrogen and oxygen atoms in total. The van der Waals surface area contributed by atoms with Crippen molar-refractivity contribution in [2.24, 2.45) is 0 Å². The van der Waals surface area contributed by atoms with Crippen LogP contribution in [0.3, 0.4) is 0 Å². The molecule has 46 valence electrons. The average Bonchev–Trinajstić information content (AvgIpc) is 1.80. The highest BCUT2D eigenvalue weighted by molar-refractivity contribution is 6.32. The molecule has 0 aromatic heterocycles. The van der Waals surface area contributed by atoms with E-state index in [4.69, 9.17) is 0 Å². The average molecular weight is 122 g/mol. The SMILES string of the molecule is Bc1ccc(C)cc1F. The fourth-order valence-electron chi connectivity index (χ4n) is 0.698. The minimum absolute atomic E-state index is 0.116. The first-order chi connectivity index (χ1) is 4.20. The lowest BCUT2D eigenvalue weighted by Crippen LogP contribution is -2.06. The molecule has 0 spiro atoms. The van der Waals surface area contributed by atoms with Crippen molar-refractivity contribution in [1.29, 1.82) is 0 Å². The largest absolute Gasteiger partial charge is 0.208 e. The van der Waals surface area contributed by atoms with E-state index in [1.807, 2.05) is 13.0 Å². The molecule has 0 radical (unpaired) electrons. The summed E-state index contributed by atoms with van der Waals surface area (Å²) >= 11 is 0. The molecule has 0 saturated heterocycles. The maximum Gasteiger partial charge on any atom is 0.143 e. The van der Waals surface area contributed by atoms with E-state index in [0.29, 0.717) is 5.46 Å². The molecule has 0 N–H and O–H groups in total. The molecule has 2 heteroatoms. The minimum atomic E-state index is -0.116. The maximum atomic E-state index is 12.6. The monoisotopic (exact) mass is 122 g/mol. The molecule has 9 heavy (non-hydrogen) atoms. The maximum absolute atomic E-state index is 12.6. The van der Waals surface area contributed by atoms with E-state index in [0.717, 1.165) is 5.56 Å². The molecule has 0 amide bonds. The highest BCUT2D eigenvalue weighted by Gasteiger charge is 1.93. The minimum Gasteiger partial charge on any atom is -0.208 e. The molecule has 1 rings (SSSR count). The van der Waals surface area contributed by atoms with Crippen molar-refractivity contribution >= 4 is 13.3 Å². The van der Waals surface area contributed by atoms with Gasteiger partial charge in [-0.2, -0.15) is 0 Å². The molecule has 1 aromatic carbocycles. The zero-order chi connectivity index (χ0) is 6.85. The van der Waals surface area contributed by atoms with Gasteiger partial charge in [-0.15, -0.1) is 0 Å². The van der Waals surface area contributed by atoms with Crippen molar-refractivity contribution in [3.63, 3.8) is 0 Å². The number of halogens is 1. The molecule has 0 unspecified atom stereocenters. The van der Waals surface area contributed by atoms with E-state index in [9.17, 15) is 4.39 Å². The van der Waals surface area contributed by atoms with Crippen LogP contribution in [0.2, 0.25) is 0 Å². The third-order valence-corrected chi connectivity index (χ3v) is 1.33. The third-order valence-electron chi connectivity index (χ3n) is 1.33. The molecule has 0 atom stereocenters. The van der Waals surface area contributed by atoms with Crippen molar-refractivity contribution < 1.29 is 4.39 Å². The van der Waals surface area contributed by atoms with Crippen molar-refractivity contribution in [2.75, 3.05) is 0 Å². The Balaban J connectivity index is 3.17. The van der Waals surface area contributed by atoms with Crippen molar-refractivity contribution in [2.45, 2.75) is 6.92 Å². The summed E-state index contributed by atoms with van der Waals surface area (Å²) in [5, 5.41) is 0. The van der Waals surface area contributed by atoms with Gasteiger partial charge in [0, 0.05) is 0 Å². The van der Waals surface area contributed by atoms with Crippen LogP contribution in [-0.2, 0) is 0 Å². The van der Waals surface area contributed by atoms with E-state index in [1.165, 1.54) is 6.07 Å². The van der Waals surface area contributed by atoms with E-state index in [1.54, 1.807) is 13.9 Å². The van der Waals surface area contributed by atoms with Gasteiger partial charge in [-0.1, -0.05) is 17.6 Å². The number of hydrogen-bond donors (Lipinski definition) is 0. The Kier molecular flexibility index (Phi) is 1.56. The quantitative estimate of drug-likeness (QED) is 0.436. The molecule has 0 aliphatic carbocycles. The summed E-state index contributed by atoms with van der Waals surface area (Å²) < 4.78 is 12.6. The normalized spacial score (nSPS) is 9.56. The van der Waals surface area contributed by atoms with Gasteiger partial charge < -0.3 is 0 Å². The first kappa shape index (κ1) is 6.34. The Labute approximate surface area is 55.1 Å². The van der Waals surface area contributed by atoms with Gasteiger partial charge in [0.15, 0.2) is 0 Å². The van der Waals surface area contributed by atoms with Crippen LogP contribution in [0.5, 0.6) is 0 Å². The molecular formula is C7H8BF. The van der Waals surface area contributed by atoms with E-state index >= 15 is 0 Å². The summed E-state index contributed by atoms with van der Waals surface area (Å²) in [6.07, 6.45) is 0. The van der Waals surface area contributed by atoms with Gasteiger partial charge in [0.2, 0.25) is 0 Å². The standard InChI is InChI=1S/C7H8BF/c1-5-2-3-6(8)7(9)4-5/h2-4H,8H2,1H3. The lowest BCUT2D eigenvalue weighted by atomic mass is 9.95. The van der Waals surface area contributed by atoms with Gasteiger partial charge >= 0.3 is 0 Å². The second kappa shape index (κ2) is 2.22. The summed E-state index contributed by atoms with van der Waals surface area (Å²) in [6.45, 7) is 1.88. The molecule has 0 bridgehead atoms. The lowest BCUT2D eigenvalue weighted by Gasteiger charge is -1.95. The predicted octanol–water partition coefficient (Wildman–Crippen LogP) is 0.393. The zero-order valence-corrected chi connectivity index (χ0v) is 5.61. The van der Waals surface area contributed by atoms with Crippen LogP contribution < -0.4 is 5.46 Å². The number of hydrogen-bond acceptors (Lipinski definition) is 0. The van der Waals surface area contributed by atoms with E-state index in [2.05, 4.69) is 0 Å². The highest BCUT2D eigenvalue weighted by atomic mass is 19.1. The Morgan fingerprint density at radius 3 is 2.56 bits per heavy atom. The van der Waals surface area contributed by atoms with Crippen LogP contribution in [0.4, 0.5) is 4.39 Å². The predicted molar refractivity (Wildman–Crippen MR) is 39.3 cm³/mol. The summed E-state index contributed by atoms with van der Waals surface area (Å²) in [4.78, 5) is 0. The third kappa shape index (κ3) is 1.32. The summed E-state index contributed by atoms with van der Waals surface area (Å²) in [6, 6.07) is 5.22. The summed E-state index contributed by atoms with van der Waals surface area (Å²) in [5.41, 5.74) is 1.68. The fraction of sp³-hybridized carbons (Fsp3) is 0.143. The van der Waals surface area contributed by atoms with Crippen molar-refractivity contribution in [1.82, 2.24) is 0 Å². The van der Waals surface area contributed by atoms with E-state index < -0.39 is 0 Å². The van der Waals surface area contributed by atoms with Crippen molar-refractivity contribution in [3.05, 3.63) is 29.6 Å². The first-order valence-corrected chi connectivity index (χ1v) is 2.93. The molecule has 0 heterocycles. The van der Waals surface area contributed by atoms with Gasteiger partial charge in [-0.05, 0) is 18.6 Å². The Bertz CT molecular complexity index is 220. The Morgan fingerprint density at radius 2 is 2.11 bits per heavy atom. The lowest BCUT2D eigenvalue weighted by molar-refractivity contribution is 0.635. The van der Waals surface area contributed by atoms with Crippen LogP contribution in [0.15, 0.2) is 18.2 Å². The topological polar surface area (TPSA) is 0 Å². The second-order valence-electron chi connectivity index (χ2n) is 2.25. The van der Waals surface area contributed by atoms with Gasteiger partial charge in [0.1, 0.15) is 13.7 Å². The zero-order valence-electron chi connectivity index (χ0n) is 5.61. The van der Waals surface area contributed by atoms with Crippen LogP contribution in [0.1, 0.15) is 5.56 Å². The smallest absolute Gasteiger partial charge is 0.143 e. The molecule has 0 fully saturated rings. The Morgan fingerprint density at radius 1 is 1.44 bits per heavy atom. The number of benzene rings is 1. The van der Waals surface area contributed by atoms with E-state index in [-0.39, 0.29) is 5.82 Å². The van der Waals surface area contributed by atoms with Gasteiger partial charge in [-0.25, -0.2) is 4.39 Å². The second-order valence-corrected chi connectivity index (χ2v) is 2.25. The first-order valence-electron chi connectivity index (χ1n) is 2.93. The van der Waals surface area contributed by atoms with Crippen LogP contribution in [0, 0.1) is 12.7 Å². The van der Waals surface area contributed by atoms with Crippen LogP contribution in [-0.4, -0.2) is 7.85 Å². The van der Waals surface area contributed by atoms with Gasteiger partial charge in [-0.3, -0.25) is 0 Å². The van der Waals surface area contributed by atoms with Gasteiger partial charge in [0.05, 0.1) is 0 Å². The number of aryl methyl sites for hydroxylation is 1. The fourth-order valence-corrected chi connectivity index (χ4v) is 0.698. The molecule has 0 saturated carbocycles. The number of rotatable bonds is 0. The summed E-state index contributed by atoms with van der Waals surface area (Å²) in [5.74, 6) is -0.116. The van der Waals surface area contributed by atoms with Crippen LogP contribution >= 0.6 is 0 Å². The molecule has 0 aliphatic heterocycles. The van der Waals surface area contributed by atoms with Crippen LogP contribution in [0.25, 0.3) is 0 Å². The molecule has 0 aliphatic rings. The molecular weight excluding hydrogens is 114 g/mol. The molecule has 1 aromatic rings. The summed E-state index contributed by atoms with van der Waals surface area (Å²) in [7, 11) is 1.76. The highest BCUT2D eigenvalue weighted by Crippen LogP contribution is 1.97.